The quantitative estimate of drug-likeness (QED) is 0.263. The van der Waals surface area contributed by atoms with Gasteiger partial charge in [-0.05, 0) is 68.0 Å². The zero-order valence-electron chi connectivity index (χ0n) is 22.3. The SMILES string of the molecule is C=CCNC(=O)c1cnc(Nc2ccc(N3CCC(N)CC3)cc2)nc1Nc1ccc2c(n1)[C@@](O)(CC)CC2. The lowest BCUT2D eigenvalue weighted by Crippen LogP contribution is -2.39. The number of hydrogen-bond acceptors (Lipinski definition) is 9. The molecule has 1 saturated heterocycles. The van der Waals surface area contributed by atoms with E-state index in [0.29, 0.717) is 42.7 Å². The van der Waals surface area contributed by atoms with Gasteiger partial charge >= 0.3 is 0 Å². The summed E-state index contributed by atoms with van der Waals surface area (Å²) in [4.78, 5) is 28.9. The number of piperidine rings is 1. The van der Waals surface area contributed by atoms with Gasteiger partial charge in [0.1, 0.15) is 22.8 Å². The van der Waals surface area contributed by atoms with Gasteiger partial charge in [-0.1, -0.05) is 19.1 Å². The summed E-state index contributed by atoms with van der Waals surface area (Å²) in [6, 6.07) is 12.2. The van der Waals surface area contributed by atoms with Gasteiger partial charge < -0.3 is 31.7 Å². The molecule has 1 aliphatic carbocycles. The second-order valence-electron chi connectivity index (χ2n) is 10.2. The van der Waals surface area contributed by atoms with Crippen molar-refractivity contribution in [3.63, 3.8) is 0 Å². The van der Waals surface area contributed by atoms with Gasteiger partial charge in [0.15, 0.2) is 0 Å². The lowest BCUT2D eigenvalue weighted by molar-refractivity contribution is 0.0307. The van der Waals surface area contributed by atoms with Crippen LogP contribution in [0.25, 0.3) is 0 Å². The van der Waals surface area contributed by atoms with Crippen LogP contribution in [0.1, 0.15) is 54.2 Å². The van der Waals surface area contributed by atoms with Crippen LogP contribution >= 0.6 is 0 Å². The number of nitrogens with two attached hydrogens (primary N) is 1. The first-order valence-electron chi connectivity index (χ1n) is 13.5. The van der Waals surface area contributed by atoms with Crippen molar-refractivity contribution in [2.75, 3.05) is 35.2 Å². The molecule has 1 atom stereocenters. The molecule has 10 heteroatoms. The largest absolute Gasteiger partial charge is 0.384 e. The first-order valence-corrected chi connectivity index (χ1v) is 13.5. The summed E-state index contributed by atoms with van der Waals surface area (Å²) in [7, 11) is 0. The van der Waals surface area contributed by atoms with Gasteiger partial charge in [-0.3, -0.25) is 4.79 Å². The average Bonchev–Trinajstić information content (AvgIpc) is 3.29. The Hall–Kier alpha value is -4.02. The number of amides is 1. The molecule has 0 radical (unpaired) electrons. The van der Waals surface area contributed by atoms with Gasteiger partial charge in [-0.2, -0.15) is 4.98 Å². The fraction of sp³-hybridized carbons (Fsp3) is 0.379. The Morgan fingerprint density at radius 2 is 1.95 bits per heavy atom. The number of hydrogen-bond donors (Lipinski definition) is 5. The first-order chi connectivity index (χ1) is 18.9. The maximum Gasteiger partial charge on any atom is 0.256 e. The summed E-state index contributed by atoms with van der Waals surface area (Å²) in [6.07, 6.45) is 7.09. The Labute approximate surface area is 228 Å². The standard InChI is InChI=1S/C29H36N8O2/c1-3-15-31-27(38)23-18-32-28(33-21-6-8-22(9-7-21)37-16-12-20(30)13-17-37)36-26(23)35-24-10-5-19-11-14-29(39,4-2)25(19)34-24/h3,5-10,18,20,39H,1,4,11-17,30H2,2H3,(H,31,38)(H2,32,33,34,35,36)/t29-/m1/s1. The number of carbonyl (C=O) groups excluding carboxylic acids is 1. The number of aromatic nitrogens is 3. The van der Waals surface area contributed by atoms with Gasteiger partial charge in [0.2, 0.25) is 5.95 Å². The number of fused-ring (bicyclic) bond motifs is 1. The summed E-state index contributed by atoms with van der Waals surface area (Å²) >= 11 is 0. The lowest BCUT2D eigenvalue weighted by Gasteiger charge is -2.32. The van der Waals surface area contributed by atoms with Gasteiger partial charge in [-0.15, -0.1) is 6.58 Å². The molecule has 2 aliphatic rings. The van der Waals surface area contributed by atoms with Crippen molar-refractivity contribution in [2.45, 2.75) is 50.7 Å². The summed E-state index contributed by atoms with van der Waals surface area (Å²) < 4.78 is 0. The molecule has 204 valence electrons. The number of nitrogens with one attached hydrogen (secondary N) is 3. The maximum absolute atomic E-state index is 12.9. The average molecular weight is 529 g/mol. The molecule has 2 aromatic heterocycles. The number of carbonyl (C=O) groups is 1. The van der Waals surface area contributed by atoms with E-state index in [1.54, 1.807) is 6.08 Å². The molecule has 0 bridgehead atoms. The molecule has 0 unspecified atom stereocenters. The Kier molecular flexibility index (Phi) is 7.76. The molecule has 10 nitrogen and oxygen atoms in total. The van der Waals surface area contributed by atoms with E-state index in [9.17, 15) is 9.90 Å². The third kappa shape index (κ3) is 5.86. The topological polar surface area (TPSA) is 141 Å². The number of nitrogens with zero attached hydrogens (tertiary/aromatic N) is 4. The highest BCUT2D eigenvalue weighted by molar-refractivity contribution is 5.99. The summed E-state index contributed by atoms with van der Waals surface area (Å²) in [5, 5.41) is 20.2. The van der Waals surface area contributed by atoms with Crippen LogP contribution < -0.4 is 26.6 Å². The van der Waals surface area contributed by atoms with Crippen LogP contribution in [0.3, 0.4) is 0 Å². The van der Waals surface area contributed by atoms with Crippen molar-refractivity contribution in [1.82, 2.24) is 20.3 Å². The van der Waals surface area contributed by atoms with Crippen molar-refractivity contribution >= 4 is 34.9 Å². The second-order valence-corrected chi connectivity index (χ2v) is 10.2. The molecule has 1 aliphatic heterocycles. The van der Waals surface area contributed by atoms with Crippen molar-refractivity contribution in [3.05, 3.63) is 72.1 Å². The Balaban J connectivity index is 1.38. The normalized spacial score (nSPS) is 18.9. The molecule has 5 rings (SSSR count). The van der Waals surface area contributed by atoms with E-state index in [1.807, 2.05) is 31.2 Å². The summed E-state index contributed by atoms with van der Waals surface area (Å²) in [6.45, 7) is 7.83. The Morgan fingerprint density at radius 3 is 2.67 bits per heavy atom. The minimum absolute atomic E-state index is 0.272. The molecule has 1 fully saturated rings. The molecule has 39 heavy (non-hydrogen) atoms. The fourth-order valence-electron chi connectivity index (χ4n) is 5.09. The van der Waals surface area contributed by atoms with Crippen LogP contribution in [0.4, 0.5) is 29.0 Å². The minimum atomic E-state index is -0.942. The summed E-state index contributed by atoms with van der Waals surface area (Å²) in [5.74, 6) is 0.804. The van der Waals surface area contributed by atoms with E-state index in [-0.39, 0.29) is 17.5 Å². The highest BCUT2D eigenvalue weighted by Crippen LogP contribution is 2.39. The molecule has 1 aromatic carbocycles. The van der Waals surface area contributed by atoms with Crippen LogP contribution in [0.2, 0.25) is 0 Å². The highest BCUT2D eigenvalue weighted by Gasteiger charge is 2.36. The number of pyridine rings is 1. The number of rotatable bonds is 9. The van der Waals surface area contributed by atoms with E-state index < -0.39 is 5.60 Å². The molecule has 0 saturated carbocycles. The highest BCUT2D eigenvalue weighted by atomic mass is 16.3. The molecular formula is C29H36N8O2. The van der Waals surface area contributed by atoms with Crippen LogP contribution in [0.15, 0.2) is 55.3 Å². The number of anilines is 5. The first kappa shape index (κ1) is 26.6. The summed E-state index contributed by atoms with van der Waals surface area (Å²) in [5.41, 5.74) is 9.06. The molecule has 6 N–H and O–H groups in total. The van der Waals surface area contributed by atoms with Crippen LogP contribution in [-0.4, -0.2) is 51.6 Å². The van der Waals surface area contributed by atoms with Gasteiger partial charge in [0.25, 0.3) is 5.91 Å². The van der Waals surface area contributed by atoms with Crippen LogP contribution in [-0.2, 0) is 12.0 Å². The van der Waals surface area contributed by atoms with Crippen molar-refractivity contribution < 1.29 is 9.90 Å². The van der Waals surface area contributed by atoms with Gasteiger partial charge in [0.05, 0.1) is 5.69 Å². The van der Waals surface area contributed by atoms with Crippen molar-refractivity contribution in [2.24, 2.45) is 5.73 Å². The van der Waals surface area contributed by atoms with Crippen molar-refractivity contribution in [1.29, 1.82) is 0 Å². The van der Waals surface area contributed by atoms with E-state index >= 15 is 0 Å². The van der Waals surface area contributed by atoms with Crippen LogP contribution in [0, 0.1) is 0 Å². The van der Waals surface area contributed by atoms with Crippen LogP contribution in [0.5, 0.6) is 0 Å². The Morgan fingerprint density at radius 1 is 1.18 bits per heavy atom. The smallest absolute Gasteiger partial charge is 0.256 e. The van der Waals surface area contributed by atoms with Gasteiger partial charge in [-0.25, -0.2) is 9.97 Å². The number of aryl methyl sites for hydroxylation is 1. The Bertz CT molecular complexity index is 1340. The van der Waals surface area contributed by atoms with E-state index in [4.69, 9.17) is 10.7 Å². The molecule has 1 amide bonds. The molecular weight excluding hydrogens is 492 g/mol. The third-order valence-electron chi connectivity index (χ3n) is 7.53. The van der Waals surface area contributed by atoms with Crippen molar-refractivity contribution in [3.8, 4) is 0 Å². The minimum Gasteiger partial charge on any atom is -0.384 e. The zero-order valence-corrected chi connectivity index (χ0v) is 22.3. The zero-order chi connectivity index (χ0) is 27.4. The number of aliphatic hydroxyl groups is 1. The maximum atomic E-state index is 12.9. The van der Waals surface area contributed by atoms with E-state index in [0.717, 1.165) is 49.3 Å². The van der Waals surface area contributed by atoms with E-state index in [1.165, 1.54) is 6.20 Å². The number of benzene rings is 1. The van der Waals surface area contributed by atoms with Gasteiger partial charge in [0, 0.05) is 43.2 Å². The molecule has 0 spiro atoms. The molecule has 3 aromatic rings. The fourth-order valence-corrected chi connectivity index (χ4v) is 5.09. The van der Waals surface area contributed by atoms with E-state index in [2.05, 4.69) is 49.5 Å². The predicted octanol–water partition coefficient (Wildman–Crippen LogP) is 3.75. The monoisotopic (exact) mass is 528 g/mol. The third-order valence-corrected chi connectivity index (χ3v) is 7.53. The second kappa shape index (κ2) is 11.4. The lowest BCUT2D eigenvalue weighted by atomic mass is 9.98. The molecule has 3 heterocycles. The predicted molar refractivity (Wildman–Crippen MR) is 154 cm³/mol.